The lowest BCUT2D eigenvalue weighted by Crippen LogP contribution is -2.42. The van der Waals surface area contributed by atoms with Gasteiger partial charge in [0.2, 0.25) is 0 Å². The van der Waals surface area contributed by atoms with E-state index in [1.165, 1.54) is 32.0 Å². The molecule has 2 aliphatic rings. The molecule has 0 fully saturated rings. The number of benzene rings is 2. The Morgan fingerprint density at radius 2 is 1.06 bits per heavy atom. The Labute approximate surface area is 206 Å². The Morgan fingerprint density at radius 3 is 1.45 bits per heavy atom. The molecule has 2 heterocycles. The van der Waals surface area contributed by atoms with Crippen molar-refractivity contribution < 1.29 is 0 Å². The van der Waals surface area contributed by atoms with Crippen molar-refractivity contribution in [1.29, 1.82) is 0 Å². The van der Waals surface area contributed by atoms with E-state index >= 15 is 0 Å². The van der Waals surface area contributed by atoms with Gasteiger partial charge in [-0.3, -0.25) is 0 Å². The standard InChI is InChI=1S/C30H28S2Si/c1-19-17-25-21(27-13-7-15-31-27)9-5-11-23(25)29(19)33(3,4)30-20(2)18-26-22(10-6-12-24(26)30)28-14-8-16-32-28/h5-18,29-30H,1-4H3. The van der Waals surface area contributed by atoms with Crippen LogP contribution in [0.25, 0.3) is 33.0 Å². The molecule has 0 aliphatic heterocycles. The highest BCUT2D eigenvalue weighted by atomic mass is 32.1. The van der Waals surface area contributed by atoms with E-state index in [0.29, 0.717) is 11.1 Å². The molecule has 3 heteroatoms. The van der Waals surface area contributed by atoms with Crippen molar-refractivity contribution in [1.82, 2.24) is 0 Å². The molecule has 0 nitrogen and oxygen atoms in total. The summed E-state index contributed by atoms with van der Waals surface area (Å²) in [4.78, 5) is 2.75. The van der Waals surface area contributed by atoms with Crippen LogP contribution >= 0.6 is 22.7 Å². The highest BCUT2D eigenvalue weighted by Crippen LogP contribution is 2.54. The quantitative estimate of drug-likeness (QED) is 0.255. The first-order chi connectivity index (χ1) is 16.0. The fourth-order valence-electron chi connectivity index (χ4n) is 6.54. The summed E-state index contributed by atoms with van der Waals surface area (Å²) in [6.07, 6.45) is 4.97. The zero-order chi connectivity index (χ0) is 22.7. The first-order valence-corrected chi connectivity index (χ1v) is 16.6. The van der Waals surface area contributed by atoms with Crippen molar-refractivity contribution in [3.05, 3.63) is 105 Å². The Kier molecular flexibility index (Phi) is 4.99. The van der Waals surface area contributed by atoms with Crippen LogP contribution in [-0.4, -0.2) is 8.07 Å². The molecule has 6 rings (SSSR count). The molecule has 4 aromatic rings. The van der Waals surface area contributed by atoms with Gasteiger partial charge in [-0.2, -0.15) is 0 Å². The topological polar surface area (TPSA) is 0 Å². The van der Waals surface area contributed by atoms with Gasteiger partial charge in [0.1, 0.15) is 0 Å². The van der Waals surface area contributed by atoms with Gasteiger partial charge in [0.15, 0.2) is 0 Å². The predicted molar refractivity (Wildman–Crippen MR) is 150 cm³/mol. The fourth-order valence-corrected chi connectivity index (χ4v) is 13.0. The van der Waals surface area contributed by atoms with Crippen molar-refractivity contribution in [3.8, 4) is 20.9 Å². The van der Waals surface area contributed by atoms with Crippen LogP contribution in [0.1, 0.15) is 47.2 Å². The summed E-state index contributed by atoms with van der Waals surface area (Å²) in [5.74, 6) is 0. The van der Waals surface area contributed by atoms with Gasteiger partial charge in [0.25, 0.3) is 0 Å². The maximum absolute atomic E-state index is 2.62. The van der Waals surface area contributed by atoms with Gasteiger partial charge in [-0.15, -0.1) is 22.7 Å². The van der Waals surface area contributed by atoms with E-state index in [1.54, 1.807) is 22.3 Å². The van der Waals surface area contributed by atoms with Crippen LogP contribution in [-0.2, 0) is 0 Å². The lowest BCUT2D eigenvalue weighted by atomic mass is 10.0. The van der Waals surface area contributed by atoms with Crippen molar-refractivity contribution in [2.45, 2.75) is 38.0 Å². The molecule has 0 N–H and O–H groups in total. The zero-order valence-electron chi connectivity index (χ0n) is 19.6. The minimum absolute atomic E-state index is 0.539. The Morgan fingerprint density at radius 1 is 0.606 bits per heavy atom. The third-order valence-corrected chi connectivity index (χ3v) is 13.9. The molecular weight excluding hydrogens is 453 g/mol. The van der Waals surface area contributed by atoms with E-state index in [9.17, 15) is 0 Å². The van der Waals surface area contributed by atoms with Crippen LogP contribution in [0.5, 0.6) is 0 Å². The first kappa shape index (κ1) is 21.1. The monoisotopic (exact) mass is 480 g/mol. The van der Waals surface area contributed by atoms with Crippen LogP contribution in [0.3, 0.4) is 0 Å². The van der Waals surface area contributed by atoms with E-state index in [2.05, 4.69) is 111 Å². The van der Waals surface area contributed by atoms with E-state index in [1.807, 2.05) is 22.7 Å². The van der Waals surface area contributed by atoms with Gasteiger partial charge in [-0.1, -0.05) is 84.9 Å². The SMILES string of the molecule is CC1=Cc2c(-c3cccs3)cccc2C1[Si](C)(C)C1C(C)=Cc2c(-c3cccs3)cccc21. The molecule has 2 atom stereocenters. The minimum atomic E-state index is -1.81. The van der Waals surface area contributed by atoms with Gasteiger partial charge in [-0.05, 0) is 70.1 Å². The lowest BCUT2D eigenvalue weighted by molar-refractivity contribution is 0.969. The first-order valence-electron chi connectivity index (χ1n) is 11.7. The van der Waals surface area contributed by atoms with Crippen LogP contribution in [0.2, 0.25) is 13.1 Å². The van der Waals surface area contributed by atoms with E-state index in [-0.39, 0.29) is 0 Å². The summed E-state index contributed by atoms with van der Waals surface area (Å²) in [6.45, 7) is 9.98. The van der Waals surface area contributed by atoms with Crippen molar-refractivity contribution >= 4 is 42.9 Å². The number of rotatable bonds is 4. The second-order valence-corrected chi connectivity index (χ2v) is 16.7. The number of hydrogen-bond donors (Lipinski definition) is 0. The summed E-state index contributed by atoms with van der Waals surface area (Å²) >= 11 is 3.69. The summed E-state index contributed by atoms with van der Waals surface area (Å²) < 4.78 is 0. The minimum Gasteiger partial charge on any atom is -0.144 e. The number of thiophene rings is 2. The molecule has 0 radical (unpaired) electrons. The van der Waals surface area contributed by atoms with Gasteiger partial charge in [0.05, 0.1) is 8.07 Å². The second kappa shape index (κ2) is 7.80. The molecule has 0 saturated carbocycles. The van der Waals surface area contributed by atoms with E-state index in [4.69, 9.17) is 0 Å². The normalized spacial score (nSPS) is 19.3. The summed E-state index contributed by atoms with van der Waals surface area (Å²) in [6, 6.07) is 22.8. The zero-order valence-corrected chi connectivity index (χ0v) is 22.2. The molecule has 33 heavy (non-hydrogen) atoms. The molecule has 2 unspecified atom stereocenters. The predicted octanol–water partition coefficient (Wildman–Crippen LogP) is 9.63. The Hall–Kier alpha value is -2.46. The van der Waals surface area contributed by atoms with Crippen LogP contribution in [0.4, 0.5) is 0 Å². The summed E-state index contributed by atoms with van der Waals surface area (Å²) in [7, 11) is -1.81. The number of allylic oxidation sites excluding steroid dienone is 2. The highest BCUT2D eigenvalue weighted by Gasteiger charge is 2.47. The van der Waals surface area contributed by atoms with Crippen molar-refractivity contribution in [3.63, 3.8) is 0 Å². The Balaban J connectivity index is 1.47. The van der Waals surface area contributed by atoms with Gasteiger partial charge in [-0.25, -0.2) is 0 Å². The largest absolute Gasteiger partial charge is 0.144 e. The Bertz CT molecular complexity index is 1290. The van der Waals surface area contributed by atoms with Gasteiger partial charge >= 0.3 is 0 Å². The molecule has 164 valence electrons. The average molecular weight is 481 g/mol. The smallest absolute Gasteiger partial charge is 0.0722 e. The molecule has 2 aromatic heterocycles. The average Bonchev–Trinajstić information content (AvgIpc) is 3.56. The highest BCUT2D eigenvalue weighted by molar-refractivity contribution is 7.13. The molecule has 0 bridgehead atoms. The van der Waals surface area contributed by atoms with E-state index < -0.39 is 8.07 Å². The molecule has 0 amide bonds. The number of hydrogen-bond acceptors (Lipinski definition) is 2. The van der Waals surface area contributed by atoms with E-state index in [0.717, 1.165) is 0 Å². The van der Waals surface area contributed by atoms with Crippen molar-refractivity contribution in [2.75, 3.05) is 0 Å². The van der Waals surface area contributed by atoms with Crippen LogP contribution in [0.15, 0.2) is 82.6 Å². The lowest BCUT2D eigenvalue weighted by Gasteiger charge is -2.39. The van der Waals surface area contributed by atoms with Gasteiger partial charge < -0.3 is 0 Å². The van der Waals surface area contributed by atoms with Gasteiger partial charge in [0, 0.05) is 20.8 Å². The molecular formula is C30H28S2Si. The molecule has 0 saturated heterocycles. The van der Waals surface area contributed by atoms with Crippen molar-refractivity contribution in [2.24, 2.45) is 0 Å². The second-order valence-electron chi connectivity index (χ2n) is 10.0. The maximum Gasteiger partial charge on any atom is 0.0722 e. The third-order valence-electron chi connectivity index (χ3n) is 7.62. The summed E-state index contributed by atoms with van der Waals surface area (Å²) in [5.41, 5.74) is 13.0. The molecule has 2 aliphatic carbocycles. The summed E-state index contributed by atoms with van der Waals surface area (Å²) in [5, 5.41) is 4.37. The molecule has 2 aromatic carbocycles. The fraction of sp³-hybridized carbons (Fsp3) is 0.200. The van der Waals surface area contributed by atoms with Crippen LogP contribution in [0, 0.1) is 0 Å². The third kappa shape index (κ3) is 3.21. The van der Waals surface area contributed by atoms with Crippen LogP contribution < -0.4 is 0 Å². The maximum atomic E-state index is 2.62. The molecule has 0 spiro atoms. The number of fused-ring (bicyclic) bond motifs is 2.